The van der Waals surface area contributed by atoms with E-state index >= 15 is 0 Å². The van der Waals surface area contributed by atoms with Gasteiger partial charge in [-0.1, -0.05) is 0 Å². The normalized spacial score (nSPS) is 17.8. The Kier molecular flexibility index (Phi) is 4.72. The van der Waals surface area contributed by atoms with Gasteiger partial charge in [-0.3, -0.25) is 4.79 Å². The number of nitrogens with one attached hydrogen (secondary N) is 2. The van der Waals surface area contributed by atoms with Crippen molar-refractivity contribution in [1.82, 2.24) is 10.3 Å². The molecule has 1 aromatic heterocycles. The lowest BCUT2D eigenvalue weighted by Gasteiger charge is -2.34. The molecule has 0 spiro atoms. The monoisotopic (exact) mass is 326 g/mol. The Labute approximate surface area is 131 Å². The number of carbonyl (C=O) groups is 1. The van der Waals surface area contributed by atoms with E-state index in [1.807, 2.05) is 25.1 Å². The highest BCUT2D eigenvalue weighted by Crippen LogP contribution is 2.29. The van der Waals surface area contributed by atoms with Crippen LogP contribution < -0.4 is 15.5 Å². The van der Waals surface area contributed by atoms with Gasteiger partial charge < -0.3 is 15.5 Å². The highest BCUT2D eigenvalue weighted by molar-refractivity contribution is 7.92. The molecule has 0 aliphatic carbocycles. The van der Waals surface area contributed by atoms with Crippen molar-refractivity contribution >= 4 is 27.2 Å². The number of rotatable bonds is 4. The number of pyridine rings is 1. The standard InChI is InChI=1S/C14H22N4O3S/c1-18(2)11-4-5-12(16-10-11)17-13(19)14(22(3,20)21)6-8-15-9-7-14/h4-5,10,15H,6-9H2,1-3H3,(H,16,17,19). The molecular formula is C14H22N4O3S. The van der Waals surface area contributed by atoms with Crippen LogP contribution in [0, 0.1) is 0 Å². The predicted molar refractivity (Wildman–Crippen MR) is 86.9 cm³/mol. The average molecular weight is 326 g/mol. The number of carbonyl (C=O) groups excluding carboxylic acids is 1. The van der Waals surface area contributed by atoms with E-state index in [1.165, 1.54) is 0 Å². The number of sulfone groups is 1. The summed E-state index contributed by atoms with van der Waals surface area (Å²) in [6, 6.07) is 3.49. The van der Waals surface area contributed by atoms with Gasteiger partial charge in [-0.25, -0.2) is 13.4 Å². The first-order valence-electron chi connectivity index (χ1n) is 7.11. The minimum absolute atomic E-state index is 0.271. The van der Waals surface area contributed by atoms with Crippen molar-refractivity contribution in [2.75, 3.05) is 43.7 Å². The van der Waals surface area contributed by atoms with Crippen molar-refractivity contribution in [3.05, 3.63) is 18.3 Å². The molecule has 1 fully saturated rings. The smallest absolute Gasteiger partial charge is 0.247 e. The summed E-state index contributed by atoms with van der Waals surface area (Å²) in [5, 5.41) is 5.73. The van der Waals surface area contributed by atoms with Crippen molar-refractivity contribution < 1.29 is 13.2 Å². The van der Waals surface area contributed by atoms with Crippen LogP contribution in [0.1, 0.15) is 12.8 Å². The van der Waals surface area contributed by atoms with Crippen LogP contribution >= 0.6 is 0 Å². The third-order valence-corrected chi connectivity index (χ3v) is 6.05. The Hall–Kier alpha value is -1.67. The fourth-order valence-corrected chi connectivity index (χ4v) is 3.89. The average Bonchev–Trinajstić information content (AvgIpc) is 2.47. The van der Waals surface area contributed by atoms with Gasteiger partial charge in [0.15, 0.2) is 14.6 Å². The van der Waals surface area contributed by atoms with Gasteiger partial charge in [-0.05, 0) is 38.1 Å². The minimum Gasteiger partial charge on any atom is -0.376 e. The Morgan fingerprint density at radius 2 is 1.95 bits per heavy atom. The van der Waals surface area contributed by atoms with Gasteiger partial charge in [-0.2, -0.15) is 0 Å². The molecule has 122 valence electrons. The molecule has 0 atom stereocenters. The fraction of sp³-hybridized carbons (Fsp3) is 0.571. The number of hydrogen-bond acceptors (Lipinski definition) is 6. The molecule has 1 saturated heterocycles. The molecule has 1 aliphatic heterocycles. The first kappa shape index (κ1) is 16.7. The molecule has 1 aliphatic rings. The lowest BCUT2D eigenvalue weighted by atomic mass is 9.96. The summed E-state index contributed by atoms with van der Waals surface area (Å²) in [6.45, 7) is 1.01. The van der Waals surface area contributed by atoms with Crippen LogP contribution in [0.5, 0.6) is 0 Å². The summed E-state index contributed by atoms with van der Waals surface area (Å²) in [5.74, 6) is -0.140. The molecule has 22 heavy (non-hydrogen) atoms. The summed E-state index contributed by atoms with van der Waals surface area (Å²) in [7, 11) is 0.267. The second kappa shape index (κ2) is 6.21. The number of aromatic nitrogens is 1. The molecule has 0 radical (unpaired) electrons. The van der Waals surface area contributed by atoms with Crippen molar-refractivity contribution in [3.63, 3.8) is 0 Å². The molecule has 2 N–H and O–H groups in total. The van der Waals surface area contributed by atoms with Crippen molar-refractivity contribution in [3.8, 4) is 0 Å². The first-order chi connectivity index (χ1) is 10.3. The van der Waals surface area contributed by atoms with Gasteiger partial charge in [0.05, 0.1) is 11.9 Å². The quantitative estimate of drug-likeness (QED) is 0.824. The second-order valence-corrected chi connectivity index (χ2v) is 8.09. The van der Waals surface area contributed by atoms with E-state index in [1.54, 1.807) is 12.3 Å². The summed E-state index contributed by atoms with van der Waals surface area (Å²) in [4.78, 5) is 18.6. The molecule has 0 bridgehead atoms. The molecule has 8 heteroatoms. The maximum Gasteiger partial charge on any atom is 0.247 e. The maximum absolute atomic E-state index is 12.6. The fourth-order valence-electron chi connectivity index (χ4n) is 2.55. The van der Waals surface area contributed by atoms with E-state index in [4.69, 9.17) is 0 Å². The third-order valence-electron chi connectivity index (χ3n) is 4.04. The molecule has 2 rings (SSSR count). The lowest BCUT2D eigenvalue weighted by Crippen LogP contribution is -2.55. The molecule has 7 nitrogen and oxygen atoms in total. The number of piperidine rings is 1. The van der Waals surface area contributed by atoms with Crippen LogP contribution in [0.4, 0.5) is 11.5 Å². The Morgan fingerprint density at radius 3 is 2.41 bits per heavy atom. The van der Waals surface area contributed by atoms with Gasteiger partial charge in [0, 0.05) is 20.4 Å². The predicted octanol–water partition coefficient (Wildman–Crippen LogP) is 0.253. The van der Waals surface area contributed by atoms with Crippen LogP contribution in [-0.2, 0) is 14.6 Å². The van der Waals surface area contributed by atoms with Crippen molar-refractivity contribution in [2.45, 2.75) is 17.6 Å². The van der Waals surface area contributed by atoms with Crippen LogP contribution in [0.25, 0.3) is 0 Å². The van der Waals surface area contributed by atoms with E-state index in [0.717, 1.165) is 11.9 Å². The summed E-state index contributed by atoms with van der Waals surface area (Å²) in [6.07, 6.45) is 3.30. The maximum atomic E-state index is 12.6. The summed E-state index contributed by atoms with van der Waals surface area (Å²) < 4.78 is 23.0. The topological polar surface area (TPSA) is 91.4 Å². The SMILES string of the molecule is CN(C)c1ccc(NC(=O)C2(S(C)(=O)=O)CCNCC2)nc1. The van der Waals surface area contributed by atoms with Crippen molar-refractivity contribution in [1.29, 1.82) is 0 Å². The second-order valence-electron chi connectivity index (χ2n) is 5.77. The number of amides is 1. The van der Waals surface area contributed by atoms with Gasteiger partial charge in [-0.15, -0.1) is 0 Å². The number of hydrogen-bond donors (Lipinski definition) is 2. The van der Waals surface area contributed by atoms with Crippen LogP contribution in [0.2, 0.25) is 0 Å². The number of anilines is 2. The van der Waals surface area contributed by atoms with Crippen molar-refractivity contribution in [2.24, 2.45) is 0 Å². The minimum atomic E-state index is -3.52. The molecule has 1 amide bonds. The Balaban J connectivity index is 2.22. The van der Waals surface area contributed by atoms with Crippen LogP contribution in [0.3, 0.4) is 0 Å². The third kappa shape index (κ3) is 3.22. The van der Waals surface area contributed by atoms with Gasteiger partial charge in [0.2, 0.25) is 5.91 Å². The Bertz CT molecular complexity index is 635. The van der Waals surface area contributed by atoms with E-state index in [0.29, 0.717) is 18.9 Å². The molecule has 1 aromatic rings. The largest absolute Gasteiger partial charge is 0.376 e. The van der Waals surface area contributed by atoms with E-state index in [9.17, 15) is 13.2 Å². The molecule has 0 saturated carbocycles. The summed E-state index contributed by atoms with van der Waals surface area (Å²) >= 11 is 0. The van der Waals surface area contributed by atoms with Gasteiger partial charge >= 0.3 is 0 Å². The number of nitrogens with zero attached hydrogens (tertiary/aromatic N) is 2. The zero-order valence-corrected chi connectivity index (χ0v) is 13.9. The van der Waals surface area contributed by atoms with Gasteiger partial charge in [0.25, 0.3) is 0 Å². The van der Waals surface area contributed by atoms with E-state index in [2.05, 4.69) is 15.6 Å². The van der Waals surface area contributed by atoms with E-state index < -0.39 is 20.5 Å². The van der Waals surface area contributed by atoms with Gasteiger partial charge in [0.1, 0.15) is 5.82 Å². The summed E-state index contributed by atoms with van der Waals surface area (Å²) in [5.41, 5.74) is 0.901. The van der Waals surface area contributed by atoms with E-state index in [-0.39, 0.29) is 12.8 Å². The lowest BCUT2D eigenvalue weighted by molar-refractivity contribution is -0.119. The zero-order valence-electron chi connectivity index (χ0n) is 13.1. The molecule has 0 aromatic carbocycles. The zero-order chi connectivity index (χ0) is 16.4. The molecule has 2 heterocycles. The first-order valence-corrected chi connectivity index (χ1v) is 9.00. The van der Waals surface area contributed by atoms with Crippen LogP contribution in [-0.4, -0.2) is 57.5 Å². The molecular weight excluding hydrogens is 304 g/mol. The molecule has 0 unspecified atom stereocenters. The highest BCUT2D eigenvalue weighted by atomic mass is 32.2. The Morgan fingerprint density at radius 1 is 1.32 bits per heavy atom. The van der Waals surface area contributed by atoms with Crippen LogP contribution in [0.15, 0.2) is 18.3 Å². The highest BCUT2D eigenvalue weighted by Gasteiger charge is 2.48.